The Kier molecular flexibility index (Phi) is 2.83. The Morgan fingerprint density at radius 3 is 2.35 bits per heavy atom. The zero-order chi connectivity index (χ0) is 12.0. The molecular weight excluding hydrogens is 394 g/mol. The molecule has 0 radical (unpaired) electrons. The highest BCUT2D eigenvalue weighted by atomic mass is 127. The molecule has 3 aromatic carbocycles. The summed E-state index contributed by atoms with van der Waals surface area (Å²) in [6.45, 7) is 0. The molecule has 0 bridgehead atoms. The van der Waals surface area contributed by atoms with Crippen LogP contribution >= 0.6 is 38.5 Å². The molecule has 3 rings (SSSR count). The summed E-state index contributed by atoms with van der Waals surface area (Å²) in [5.41, 5.74) is 0. The molecule has 0 spiro atoms. The Labute approximate surface area is 120 Å². The number of hydrogen-bond donors (Lipinski definition) is 0. The van der Waals surface area contributed by atoms with E-state index in [1.54, 1.807) is 0 Å². The molecule has 0 heterocycles. The molecule has 0 aliphatic heterocycles. The van der Waals surface area contributed by atoms with Crippen molar-refractivity contribution in [3.8, 4) is 0 Å². The van der Waals surface area contributed by atoms with Crippen LogP contribution < -0.4 is 0 Å². The van der Waals surface area contributed by atoms with Gasteiger partial charge in [-0.25, -0.2) is 4.39 Å². The van der Waals surface area contributed by atoms with Crippen LogP contribution in [0.25, 0.3) is 21.5 Å². The molecule has 0 aliphatic rings. The van der Waals surface area contributed by atoms with Crippen molar-refractivity contribution < 1.29 is 4.39 Å². The van der Waals surface area contributed by atoms with Gasteiger partial charge in [-0.15, -0.1) is 0 Å². The number of hydrogen-bond acceptors (Lipinski definition) is 0. The molecule has 0 nitrogen and oxygen atoms in total. The van der Waals surface area contributed by atoms with Crippen molar-refractivity contribution >= 4 is 60.1 Å². The standard InChI is InChI=1S/C14H7BrFI/c15-8-5-6-10-12(7-8)9-3-1-2-4-11(9)14(17)13(10)16/h1-7H. The van der Waals surface area contributed by atoms with E-state index in [0.717, 1.165) is 20.6 Å². The molecule has 0 aromatic heterocycles. The maximum absolute atomic E-state index is 14.2. The lowest BCUT2D eigenvalue weighted by Crippen LogP contribution is -1.89. The van der Waals surface area contributed by atoms with Gasteiger partial charge in [-0.3, -0.25) is 0 Å². The summed E-state index contributed by atoms with van der Waals surface area (Å²) >= 11 is 5.51. The van der Waals surface area contributed by atoms with Crippen LogP contribution in [-0.2, 0) is 0 Å². The first kappa shape index (κ1) is 11.4. The minimum absolute atomic E-state index is 0.133. The fourth-order valence-corrected chi connectivity index (χ4v) is 3.20. The summed E-state index contributed by atoms with van der Waals surface area (Å²) in [5, 5.41) is 3.69. The molecule has 0 aliphatic carbocycles. The van der Waals surface area contributed by atoms with Gasteiger partial charge >= 0.3 is 0 Å². The van der Waals surface area contributed by atoms with Gasteiger partial charge in [0.15, 0.2) is 0 Å². The highest BCUT2D eigenvalue weighted by molar-refractivity contribution is 14.1. The average Bonchev–Trinajstić information content (AvgIpc) is 2.36. The smallest absolute Gasteiger partial charge is 0.144 e. The van der Waals surface area contributed by atoms with Gasteiger partial charge in [0, 0.05) is 9.86 Å². The monoisotopic (exact) mass is 400 g/mol. The largest absolute Gasteiger partial charge is 0.205 e. The van der Waals surface area contributed by atoms with Crippen molar-refractivity contribution in [2.75, 3.05) is 0 Å². The van der Waals surface area contributed by atoms with E-state index >= 15 is 0 Å². The Hall–Kier alpha value is -0.680. The highest BCUT2D eigenvalue weighted by Crippen LogP contribution is 2.33. The van der Waals surface area contributed by atoms with Crippen LogP contribution in [0.1, 0.15) is 0 Å². The molecule has 0 atom stereocenters. The lowest BCUT2D eigenvalue weighted by molar-refractivity contribution is 0.634. The van der Waals surface area contributed by atoms with E-state index < -0.39 is 0 Å². The van der Waals surface area contributed by atoms with Crippen molar-refractivity contribution in [1.82, 2.24) is 0 Å². The van der Waals surface area contributed by atoms with E-state index in [1.807, 2.05) is 42.5 Å². The van der Waals surface area contributed by atoms with Crippen LogP contribution in [0, 0.1) is 9.39 Å². The van der Waals surface area contributed by atoms with Gasteiger partial charge < -0.3 is 0 Å². The second-order valence-electron chi connectivity index (χ2n) is 3.86. The third-order valence-electron chi connectivity index (χ3n) is 2.86. The van der Waals surface area contributed by atoms with Gasteiger partial charge in [-0.2, -0.15) is 0 Å². The van der Waals surface area contributed by atoms with E-state index in [4.69, 9.17) is 0 Å². The molecule has 3 aromatic rings. The third-order valence-corrected chi connectivity index (χ3v) is 4.41. The molecule has 3 heteroatoms. The predicted molar refractivity (Wildman–Crippen MR) is 81.8 cm³/mol. The third kappa shape index (κ3) is 1.76. The molecule has 0 N–H and O–H groups in total. The minimum atomic E-state index is -0.133. The van der Waals surface area contributed by atoms with Crippen molar-refractivity contribution in [3.05, 3.63) is 56.3 Å². The van der Waals surface area contributed by atoms with Crippen LogP contribution in [0.2, 0.25) is 0 Å². The van der Waals surface area contributed by atoms with Gasteiger partial charge in [0.2, 0.25) is 0 Å². The summed E-state index contributed by atoms with van der Waals surface area (Å²) in [4.78, 5) is 0. The van der Waals surface area contributed by atoms with Gasteiger partial charge in [0.05, 0.1) is 3.57 Å². The Morgan fingerprint density at radius 2 is 1.59 bits per heavy atom. The fourth-order valence-electron chi connectivity index (χ4n) is 2.08. The molecule has 84 valence electrons. The maximum atomic E-state index is 14.2. The summed E-state index contributed by atoms with van der Waals surface area (Å²) in [6, 6.07) is 13.6. The van der Waals surface area contributed by atoms with Crippen LogP contribution in [0.5, 0.6) is 0 Å². The maximum Gasteiger partial charge on any atom is 0.144 e. The van der Waals surface area contributed by atoms with Gasteiger partial charge in [-0.05, 0) is 50.9 Å². The zero-order valence-corrected chi connectivity index (χ0v) is 12.4. The second-order valence-corrected chi connectivity index (χ2v) is 5.86. The first-order valence-corrected chi connectivity index (χ1v) is 7.00. The lowest BCUT2D eigenvalue weighted by Gasteiger charge is -2.08. The molecule has 0 fully saturated rings. The number of benzene rings is 3. The average molecular weight is 401 g/mol. The fraction of sp³-hybridized carbons (Fsp3) is 0. The molecule has 0 unspecified atom stereocenters. The van der Waals surface area contributed by atoms with Crippen LogP contribution in [0.3, 0.4) is 0 Å². The van der Waals surface area contributed by atoms with Crippen molar-refractivity contribution in [2.24, 2.45) is 0 Å². The number of halogens is 3. The van der Waals surface area contributed by atoms with Crippen LogP contribution in [0.4, 0.5) is 4.39 Å². The second kappa shape index (κ2) is 4.21. The van der Waals surface area contributed by atoms with Crippen molar-refractivity contribution in [2.45, 2.75) is 0 Å². The zero-order valence-electron chi connectivity index (χ0n) is 8.68. The van der Waals surface area contributed by atoms with Gasteiger partial charge in [0.25, 0.3) is 0 Å². The SMILES string of the molecule is Fc1c(I)c2ccccc2c2cc(Br)ccc12. The normalized spacial score (nSPS) is 11.2. The van der Waals surface area contributed by atoms with Crippen LogP contribution in [-0.4, -0.2) is 0 Å². The first-order chi connectivity index (χ1) is 8.18. The van der Waals surface area contributed by atoms with Crippen molar-refractivity contribution in [3.63, 3.8) is 0 Å². The predicted octanol–water partition coefficient (Wildman–Crippen LogP) is 5.50. The number of rotatable bonds is 0. The molecule has 0 saturated carbocycles. The van der Waals surface area contributed by atoms with E-state index in [9.17, 15) is 4.39 Å². The van der Waals surface area contributed by atoms with E-state index in [0.29, 0.717) is 8.96 Å². The highest BCUT2D eigenvalue weighted by Gasteiger charge is 2.11. The van der Waals surface area contributed by atoms with Crippen molar-refractivity contribution in [1.29, 1.82) is 0 Å². The molecule has 17 heavy (non-hydrogen) atoms. The first-order valence-electron chi connectivity index (χ1n) is 5.13. The minimum Gasteiger partial charge on any atom is -0.205 e. The Balaban J connectivity index is 2.66. The molecule has 0 amide bonds. The topological polar surface area (TPSA) is 0 Å². The van der Waals surface area contributed by atoms with Gasteiger partial charge in [0.1, 0.15) is 5.82 Å². The number of fused-ring (bicyclic) bond motifs is 3. The van der Waals surface area contributed by atoms with E-state index in [1.165, 1.54) is 0 Å². The summed E-state index contributed by atoms with van der Waals surface area (Å²) in [7, 11) is 0. The molecule has 0 saturated heterocycles. The van der Waals surface area contributed by atoms with Crippen LogP contribution in [0.15, 0.2) is 46.9 Å². The summed E-state index contributed by atoms with van der Waals surface area (Å²) in [5.74, 6) is -0.133. The summed E-state index contributed by atoms with van der Waals surface area (Å²) < 4.78 is 15.9. The Morgan fingerprint density at radius 1 is 0.882 bits per heavy atom. The van der Waals surface area contributed by atoms with Gasteiger partial charge in [-0.1, -0.05) is 46.3 Å². The Bertz CT molecular complexity index is 737. The quantitative estimate of drug-likeness (QED) is 0.345. The summed E-state index contributed by atoms with van der Waals surface area (Å²) in [6.07, 6.45) is 0. The van der Waals surface area contributed by atoms with E-state index in [-0.39, 0.29) is 5.82 Å². The van der Waals surface area contributed by atoms with E-state index in [2.05, 4.69) is 38.5 Å². The molecular formula is C14H7BrFI. The lowest BCUT2D eigenvalue weighted by atomic mass is 10.0.